The predicted molar refractivity (Wildman–Crippen MR) is 225 cm³/mol. The smallest absolute Gasteiger partial charge is 0.291 e. The lowest BCUT2D eigenvalue weighted by molar-refractivity contribution is -0.137. The van der Waals surface area contributed by atoms with Gasteiger partial charge in [0.15, 0.2) is 17.5 Å². The molecule has 0 spiro atoms. The van der Waals surface area contributed by atoms with Crippen molar-refractivity contribution < 1.29 is 36.0 Å². The normalized spacial score (nSPS) is 13.8. The van der Waals surface area contributed by atoms with Crippen LogP contribution in [0.1, 0.15) is 46.4 Å². The van der Waals surface area contributed by atoms with E-state index >= 15 is 8.78 Å². The third kappa shape index (κ3) is 10.2. The fraction of sp³-hybridized carbons (Fsp3) is 0.357. The van der Waals surface area contributed by atoms with Crippen molar-refractivity contribution >= 4 is 45.0 Å². The van der Waals surface area contributed by atoms with Gasteiger partial charge in [0.1, 0.15) is 5.82 Å². The zero-order valence-electron chi connectivity index (χ0n) is 34.4. The molecule has 0 bridgehead atoms. The second kappa shape index (κ2) is 19.0. The number of hydrogen-bond acceptors (Lipinski definition) is 8. The van der Waals surface area contributed by atoms with Crippen molar-refractivity contribution in [2.45, 2.75) is 38.1 Å². The fourth-order valence-corrected chi connectivity index (χ4v) is 8.42. The second-order valence-corrected chi connectivity index (χ2v) is 17.2. The van der Waals surface area contributed by atoms with Crippen LogP contribution in [-0.4, -0.2) is 114 Å². The molecule has 3 aromatic carbocycles. The van der Waals surface area contributed by atoms with Gasteiger partial charge in [-0.2, -0.15) is 5.10 Å². The second-order valence-electron chi connectivity index (χ2n) is 15.0. The van der Waals surface area contributed by atoms with Crippen molar-refractivity contribution in [2.24, 2.45) is 13.0 Å². The lowest BCUT2D eigenvalue weighted by atomic mass is 10.00. The molecule has 2 N–H and O–H groups in total. The average Bonchev–Trinajstić information content (AvgIpc) is 3.79. The molecule has 1 atom stereocenters. The van der Waals surface area contributed by atoms with E-state index in [-0.39, 0.29) is 80.2 Å². The molecule has 1 aliphatic heterocycles. The van der Waals surface area contributed by atoms with Crippen LogP contribution in [0.2, 0.25) is 5.02 Å². The van der Waals surface area contributed by atoms with E-state index in [1.807, 2.05) is 25.9 Å². The number of nitrogens with zero attached hydrogens (tertiary/aromatic N) is 7. The molecule has 1 saturated heterocycles. The Morgan fingerprint density at radius 1 is 0.918 bits per heavy atom. The molecule has 0 saturated carbocycles. The third-order valence-corrected chi connectivity index (χ3v) is 12.4. The van der Waals surface area contributed by atoms with Crippen LogP contribution in [0.15, 0.2) is 71.9 Å². The molecule has 324 valence electrons. The number of amides is 3. The van der Waals surface area contributed by atoms with Crippen LogP contribution < -0.4 is 10.0 Å². The summed E-state index contributed by atoms with van der Waals surface area (Å²) in [6.45, 7) is 5.98. The first-order valence-corrected chi connectivity index (χ1v) is 21.5. The quantitative estimate of drug-likeness (QED) is 0.133. The van der Waals surface area contributed by atoms with Crippen LogP contribution in [0.4, 0.5) is 18.9 Å². The number of sulfonamides is 1. The standard InChI is InChI=1S/C42H47ClF3N9O5S/c1-6-27(15-17-51(3)4)41(57)53-19-21-54(22-20-53)42(58)32-12-9-29(23-35(32)43)49-40(56)39-47-24-36(52(39)5)33-14-13-31(37(45)38(33)46)34-25-55(50-26(34)2)18-16-48-61(59,60)30-10-7-28(44)8-11-30/h7-14,23-25,27,48H,6,15-22H2,1-5H3,(H,49,56). The van der Waals surface area contributed by atoms with Gasteiger partial charge in [0.25, 0.3) is 11.8 Å². The Kier molecular flexibility index (Phi) is 14.0. The van der Waals surface area contributed by atoms with E-state index in [2.05, 4.69) is 25.0 Å². The number of carbonyl (C=O) groups is 3. The maximum absolute atomic E-state index is 15.8. The monoisotopic (exact) mass is 881 g/mol. The maximum Gasteiger partial charge on any atom is 0.291 e. The minimum Gasteiger partial charge on any atom is -0.339 e. The Labute approximate surface area is 357 Å². The zero-order valence-corrected chi connectivity index (χ0v) is 36.0. The molecular weight excluding hydrogens is 835 g/mol. The predicted octanol–water partition coefficient (Wildman–Crippen LogP) is 5.82. The number of nitrogens with one attached hydrogen (secondary N) is 2. The topological polar surface area (TPSA) is 155 Å². The van der Waals surface area contributed by atoms with Gasteiger partial charge in [0.05, 0.1) is 39.6 Å². The van der Waals surface area contributed by atoms with Crippen molar-refractivity contribution in [3.05, 3.63) is 107 Å². The summed E-state index contributed by atoms with van der Waals surface area (Å²) in [5.74, 6) is -3.95. The summed E-state index contributed by atoms with van der Waals surface area (Å²) in [6.07, 6.45) is 4.24. The summed E-state index contributed by atoms with van der Waals surface area (Å²) in [5.41, 5.74) is 1.06. The van der Waals surface area contributed by atoms with E-state index in [4.69, 9.17) is 11.6 Å². The summed E-state index contributed by atoms with van der Waals surface area (Å²) in [5, 5.41) is 7.13. The first kappa shape index (κ1) is 45.0. The summed E-state index contributed by atoms with van der Waals surface area (Å²) in [4.78, 5) is 49.5. The van der Waals surface area contributed by atoms with Crippen LogP contribution in [-0.2, 0) is 28.4 Å². The molecule has 61 heavy (non-hydrogen) atoms. The minimum atomic E-state index is -3.91. The summed E-state index contributed by atoms with van der Waals surface area (Å²) in [6, 6.07) is 11.6. The molecule has 1 fully saturated rings. The van der Waals surface area contributed by atoms with Gasteiger partial charge < -0.3 is 24.6 Å². The highest BCUT2D eigenvalue weighted by Crippen LogP contribution is 2.33. The van der Waals surface area contributed by atoms with Gasteiger partial charge in [-0.15, -0.1) is 0 Å². The zero-order chi connectivity index (χ0) is 44.2. The lowest BCUT2D eigenvalue weighted by Gasteiger charge is -2.36. The van der Waals surface area contributed by atoms with Gasteiger partial charge in [-0.3, -0.25) is 19.1 Å². The van der Waals surface area contributed by atoms with E-state index in [1.54, 1.807) is 11.8 Å². The highest BCUT2D eigenvalue weighted by Gasteiger charge is 2.30. The molecular formula is C42H47ClF3N9O5S. The molecule has 0 radical (unpaired) electrons. The number of benzene rings is 3. The van der Waals surface area contributed by atoms with Gasteiger partial charge in [0.2, 0.25) is 15.9 Å². The Morgan fingerprint density at radius 2 is 1.57 bits per heavy atom. The number of anilines is 1. The number of hydrogen-bond donors (Lipinski definition) is 2. The number of aryl methyl sites for hydroxylation is 1. The maximum atomic E-state index is 15.8. The molecule has 3 heterocycles. The average molecular weight is 882 g/mol. The van der Waals surface area contributed by atoms with Gasteiger partial charge in [-0.1, -0.05) is 24.6 Å². The van der Waals surface area contributed by atoms with Gasteiger partial charge in [0, 0.05) is 74.3 Å². The molecule has 2 aromatic heterocycles. The molecule has 6 rings (SSSR count). The summed E-state index contributed by atoms with van der Waals surface area (Å²) < 4.78 is 74.9. The fourth-order valence-electron chi connectivity index (χ4n) is 7.14. The number of aromatic nitrogens is 4. The molecule has 14 nitrogen and oxygen atoms in total. The Bertz CT molecular complexity index is 2540. The summed E-state index contributed by atoms with van der Waals surface area (Å²) in [7, 11) is 1.52. The highest BCUT2D eigenvalue weighted by molar-refractivity contribution is 7.89. The number of rotatable bonds is 15. The van der Waals surface area contributed by atoms with Gasteiger partial charge >= 0.3 is 0 Å². The van der Waals surface area contributed by atoms with Crippen LogP contribution in [0, 0.1) is 30.3 Å². The number of halogens is 4. The Hall–Kier alpha value is -5.56. The molecule has 5 aromatic rings. The van der Waals surface area contributed by atoms with Crippen molar-refractivity contribution in [1.82, 2.24) is 38.8 Å². The Morgan fingerprint density at radius 3 is 2.23 bits per heavy atom. The first-order chi connectivity index (χ1) is 29.0. The first-order valence-electron chi connectivity index (χ1n) is 19.6. The van der Waals surface area contributed by atoms with Crippen molar-refractivity contribution in [1.29, 1.82) is 0 Å². The van der Waals surface area contributed by atoms with Crippen molar-refractivity contribution in [2.75, 3.05) is 58.7 Å². The van der Waals surface area contributed by atoms with Crippen molar-refractivity contribution in [3.8, 4) is 22.4 Å². The Balaban J connectivity index is 1.07. The SMILES string of the molecule is CCC(CCN(C)C)C(=O)N1CCN(C(=O)c2ccc(NC(=O)c3ncc(-c4ccc(-c5cn(CCNS(=O)(=O)c6ccc(F)cc6)nc5C)c(F)c4F)n3C)cc2Cl)CC1. The van der Waals surface area contributed by atoms with Crippen LogP contribution in [0.25, 0.3) is 22.4 Å². The van der Waals surface area contributed by atoms with Crippen LogP contribution in [0.5, 0.6) is 0 Å². The number of imidazole rings is 1. The van der Waals surface area contributed by atoms with E-state index in [0.29, 0.717) is 31.9 Å². The largest absolute Gasteiger partial charge is 0.339 e. The van der Waals surface area contributed by atoms with E-state index in [9.17, 15) is 27.2 Å². The number of carbonyl (C=O) groups excluding carboxylic acids is 3. The van der Waals surface area contributed by atoms with Gasteiger partial charge in [-0.25, -0.2) is 31.3 Å². The molecule has 1 unspecified atom stereocenters. The third-order valence-electron chi connectivity index (χ3n) is 10.6. The number of piperazine rings is 1. The van der Waals surface area contributed by atoms with E-state index in [1.165, 1.54) is 59.0 Å². The van der Waals surface area contributed by atoms with E-state index in [0.717, 1.165) is 43.7 Å². The minimum absolute atomic E-state index is 0.0664. The van der Waals surface area contributed by atoms with E-state index < -0.39 is 33.4 Å². The van der Waals surface area contributed by atoms with Crippen molar-refractivity contribution in [3.63, 3.8) is 0 Å². The molecule has 0 aliphatic carbocycles. The highest BCUT2D eigenvalue weighted by atomic mass is 35.5. The summed E-state index contributed by atoms with van der Waals surface area (Å²) >= 11 is 6.55. The van der Waals surface area contributed by atoms with Gasteiger partial charge in [-0.05, 0) is 88.9 Å². The van der Waals surface area contributed by atoms with Crippen LogP contribution >= 0.6 is 11.6 Å². The molecule has 3 amide bonds. The molecule has 19 heteroatoms. The molecule has 1 aliphatic rings. The van der Waals surface area contributed by atoms with Crippen LogP contribution in [0.3, 0.4) is 0 Å². The lowest BCUT2D eigenvalue weighted by Crippen LogP contribution is -2.52.